The van der Waals surface area contributed by atoms with Crippen LogP contribution in [-0.2, 0) is 0 Å². The highest BCUT2D eigenvalue weighted by Crippen LogP contribution is 2.49. The van der Waals surface area contributed by atoms with Gasteiger partial charge in [0.2, 0.25) is 0 Å². The van der Waals surface area contributed by atoms with Crippen molar-refractivity contribution in [2.75, 3.05) is 0 Å². The molecule has 10 aromatic rings. The maximum Gasteiger partial charge on any atom is 0.143 e. The van der Waals surface area contributed by atoms with E-state index in [1.165, 1.54) is 65.7 Å². The van der Waals surface area contributed by atoms with Crippen LogP contribution in [0.3, 0.4) is 0 Å². The molecule has 0 saturated heterocycles. The van der Waals surface area contributed by atoms with Crippen LogP contribution in [0.15, 0.2) is 180 Å². The van der Waals surface area contributed by atoms with E-state index in [0.717, 1.165) is 27.9 Å². The lowest BCUT2D eigenvalue weighted by atomic mass is 9.84. The number of hydrogen-bond acceptors (Lipinski definition) is 1. The molecule has 2 heterocycles. The molecule has 224 valence electrons. The van der Waals surface area contributed by atoms with Crippen molar-refractivity contribution >= 4 is 54.3 Å². The van der Waals surface area contributed by atoms with Gasteiger partial charge < -0.3 is 8.98 Å². The fraction of sp³-hybridized carbons (Fsp3) is 0. The SMILES string of the molecule is c1ccc(-c2oc3ccccc3c2-c2c3ccccc3c(-c3ccc4c(c3)c3ccccc3n4-c3ccccc3)c3ccccc23)cc1. The number of benzene rings is 8. The number of nitrogens with zero attached hydrogens (tertiary/aromatic N) is 1. The van der Waals surface area contributed by atoms with Crippen molar-refractivity contribution in [3.63, 3.8) is 0 Å². The Kier molecular flexibility index (Phi) is 5.91. The van der Waals surface area contributed by atoms with E-state index in [1.807, 2.05) is 0 Å². The average molecular weight is 612 g/mol. The Hall–Kier alpha value is -6.38. The van der Waals surface area contributed by atoms with Crippen LogP contribution >= 0.6 is 0 Å². The first-order valence-electron chi connectivity index (χ1n) is 16.4. The summed E-state index contributed by atoms with van der Waals surface area (Å²) in [6, 6.07) is 63.1. The molecule has 0 aliphatic rings. The molecule has 0 unspecified atom stereocenters. The lowest BCUT2D eigenvalue weighted by Crippen LogP contribution is -1.93. The number of furan rings is 1. The molecule has 0 amide bonds. The first-order valence-corrected chi connectivity index (χ1v) is 16.4. The summed E-state index contributed by atoms with van der Waals surface area (Å²) in [4.78, 5) is 0. The molecule has 8 aromatic carbocycles. The zero-order chi connectivity index (χ0) is 31.6. The fourth-order valence-corrected chi connectivity index (χ4v) is 7.78. The lowest BCUT2D eigenvalue weighted by molar-refractivity contribution is 0.632. The number of hydrogen-bond donors (Lipinski definition) is 0. The van der Waals surface area contributed by atoms with Crippen LogP contribution in [0.1, 0.15) is 0 Å². The monoisotopic (exact) mass is 611 g/mol. The third-order valence-corrected chi connectivity index (χ3v) is 9.79. The van der Waals surface area contributed by atoms with E-state index in [2.05, 4.69) is 180 Å². The van der Waals surface area contributed by atoms with E-state index in [0.29, 0.717) is 0 Å². The van der Waals surface area contributed by atoms with E-state index < -0.39 is 0 Å². The average Bonchev–Trinajstić information content (AvgIpc) is 3.70. The summed E-state index contributed by atoms with van der Waals surface area (Å²) in [6.07, 6.45) is 0. The maximum absolute atomic E-state index is 6.68. The van der Waals surface area contributed by atoms with Crippen molar-refractivity contribution in [3.8, 4) is 39.3 Å². The molecular weight excluding hydrogens is 583 g/mol. The highest BCUT2D eigenvalue weighted by Gasteiger charge is 2.24. The molecule has 48 heavy (non-hydrogen) atoms. The van der Waals surface area contributed by atoms with Gasteiger partial charge in [0, 0.05) is 38.5 Å². The number of aromatic nitrogens is 1. The molecule has 0 N–H and O–H groups in total. The molecule has 0 radical (unpaired) electrons. The van der Waals surface area contributed by atoms with Gasteiger partial charge in [0.05, 0.1) is 11.0 Å². The van der Waals surface area contributed by atoms with E-state index in [9.17, 15) is 0 Å². The van der Waals surface area contributed by atoms with Gasteiger partial charge >= 0.3 is 0 Å². The largest absolute Gasteiger partial charge is 0.455 e. The predicted octanol–water partition coefficient (Wildman–Crippen LogP) is 12.8. The Bertz CT molecular complexity index is 2760. The summed E-state index contributed by atoms with van der Waals surface area (Å²) in [5.41, 5.74) is 10.3. The fourth-order valence-electron chi connectivity index (χ4n) is 7.78. The van der Waals surface area contributed by atoms with E-state index >= 15 is 0 Å². The highest BCUT2D eigenvalue weighted by molar-refractivity contribution is 6.25. The van der Waals surface area contributed by atoms with Gasteiger partial charge in [-0.05, 0) is 69.1 Å². The van der Waals surface area contributed by atoms with E-state index in [-0.39, 0.29) is 0 Å². The van der Waals surface area contributed by atoms with Crippen LogP contribution in [0.2, 0.25) is 0 Å². The van der Waals surface area contributed by atoms with Crippen LogP contribution in [0, 0.1) is 0 Å². The van der Waals surface area contributed by atoms with Gasteiger partial charge in [0.15, 0.2) is 0 Å². The number of para-hydroxylation sites is 3. The molecule has 0 spiro atoms. The number of fused-ring (bicyclic) bond motifs is 6. The van der Waals surface area contributed by atoms with Crippen LogP contribution in [0.25, 0.3) is 93.6 Å². The molecule has 0 bridgehead atoms. The smallest absolute Gasteiger partial charge is 0.143 e. The maximum atomic E-state index is 6.68. The molecule has 0 fully saturated rings. The summed E-state index contributed by atoms with van der Waals surface area (Å²) in [7, 11) is 0. The summed E-state index contributed by atoms with van der Waals surface area (Å²) in [6.45, 7) is 0. The Morgan fingerprint density at radius 2 is 0.854 bits per heavy atom. The Morgan fingerprint density at radius 1 is 0.333 bits per heavy atom. The molecule has 2 heteroatoms. The normalized spacial score (nSPS) is 11.8. The van der Waals surface area contributed by atoms with Crippen molar-refractivity contribution in [2.24, 2.45) is 0 Å². The third-order valence-electron chi connectivity index (χ3n) is 9.79. The minimum Gasteiger partial charge on any atom is -0.455 e. The Balaban J connectivity index is 1.31. The Morgan fingerprint density at radius 3 is 1.54 bits per heavy atom. The van der Waals surface area contributed by atoms with E-state index in [1.54, 1.807) is 0 Å². The minimum absolute atomic E-state index is 0.892. The second-order valence-corrected chi connectivity index (χ2v) is 12.4. The second kappa shape index (κ2) is 10.6. The summed E-state index contributed by atoms with van der Waals surface area (Å²) in [5.74, 6) is 0.898. The zero-order valence-electron chi connectivity index (χ0n) is 26.1. The first kappa shape index (κ1) is 26.8. The van der Waals surface area contributed by atoms with Gasteiger partial charge in [-0.1, -0.05) is 140 Å². The molecule has 0 aliphatic carbocycles. The van der Waals surface area contributed by atoms with Crippen molar-refractivity contribution in [1.82, 2.24) is 4.57 Å². The van der Waals surface area contributed by atoms with Gasteiger partial charge in [0.25, 0.3) is 0 Å². The number of rotatable bonds is 4. The molecular formula is C46H29NO. The van der Waals surface area contributed by atoms with E-state index in [4.69, 9.17) is 4.42 Å². The zero-order valence-corrected chi connectivity index (χ0v) is 26.1. The molecule has 0 aliphatic heterocycles. The van der Waals surface area contributed by atoms with Crippen molar-refractivity contribution in [1.29, 1.82) is 0 Å². The summed E-state index contributed by atoms with van der Waals surface area (Å²) >= 11 is 0. The molecule has 2 aromatic heterocycles. The van der Waals surface area contributed by atoms with Crippen molar-refractivity contribution < 1.29 is 4.42 Å². The molecule has 0 atom stereocenters. The predicted molar refractivity (Wildman–Crippen MR) is 202 cm³/mol. The topological polar surface area (TPSA) is 18.1 Å². The van der Waals surface area contributed by atoms with Crippen LogP contribution in [0.4, 0.5) is 0 Å². The van der Waals surface area contributed by atoms with Crippen LogP contribution < -0.4 is 0 Å². The minimum atomic E-state index is 0.892. The van der Waals surface area contributed by atoms with Gasteiger partial charge in [0.1, 0.15) is 11.3 Å². The third kappa shape index (κ3) is 3.93. The molecule has 10 rings (SSSR count). The molecule has 0 saturated carbocycles. The van der Waals surface area contributed by atoms with Crippen molar-refractivity contribution in [3.05, 3.63) is 176 Å². The van der Waals surface area contributed by atoms with Crippen LogP contribution in [-0.4, -0.2) is 4.57 Å². The molecule has 2 nitrogen and oxygen atoms in total. The van der Waals surface area contributed by atoms with Gasteiger partial charge in [-0.3, -0.25) is 0 Å². The second-order valence-electron chi connectivity index (χ2n) is 12.4. The first-order chi connectivity index (χ1) is 23.8. The van der Waals surface area contributed by atoms with Crippen molar-refractivity contribution in [2.45, 2.75) is 0 Å². The Labute approximate surface area is 277 Å². The quantitative estimate of drug-likeness (QED) is 0.181. The highest BCUT2D eigenvalue weighted by atomic mass is 16.3. The summed E-state index contributed by atoms with van der Waals surface area (Å²) < 4.78 is 9.06. The summed E-state index contributed by atoms with van der Waals surface area (Å²) in [5, 5.41) is 8.48. The van der Waals surface area contributed by atoms with Gasteiger partial charge in [-0.25, -0.2) is 0 Å². The standard InChI is InChI=1S/C46H29NO/c1-3-15-30(16-4-1)46-45(38-24-12-14-26-42(38)48-46)44-36-22-9-7-20-34(36)43(35-21-8-10-23-37(35)44)31-27-28-41-39(29-31)33-19-11-13-25-40(33)47(41)32-17-5-2-6-18-32/h1-29H. The van der Waals surface area contributed by atoms with Gasteiger partial charge in [-0.2, -0.15) is 0 Å². The van der Waals surface area contributed by atoms with Crippen LogP contribution in [0.5, 0.6) is 0 Å². The lowest BCUT2D eigenvalue weighted by Gasteiger charge is -2.18. The van der Waals surface area contributed by atoms with Gasteiger partial charge in [-0.15, -0.1) is 0 Å².